The summed E-state index contributed by atoms with van der Waals surface area (Å²) in [5.74, 6) is -3.35. The Balaban J connectivity index is 1.44. The van der Waals surface area contributed by atoms with E-state index in [2.05, 4.69) is 15.5 Å². The van der Waals surface area contributed by atoms with Gasteiger partial charge in [-0.15, -0.1) is 0 Å². The molecule has 0 unspecified atom stereocenters. The molecule has 3 aromatic rings. The number of aromatic amines is 1. The smallest absolute Gasteiger partial charge is 0.267 e. The summed E-state index contributed by atoms with van der Waals surface area (Å²) in [5, 5.41) is 9.56. The number of ether oxygens (including phenoxy) is 1. The Labute approximate surface area is 195 Å². The van der Waals surface area contributed by atoms with Crippen LogP contribution in [0.4, 0.5) is 8.78 Å². The fourth-order valence-electron chi connectivity index (χ4n) is 4.34. The Morgan fingerprint density at radius 3 is 2.71 bits per heavy atom. The number of nitrogens with one attached hydrogen (secondary N) is 2. The first kappa shape index (κ1) is 22.1. The lowest BCUT2D eigenvalue weighted by atomic mass is 10.00. The molecule has 5 rings (SSSR count). The van der Waals surface area contributed by atoms with Gasteiger partial charge in [-0.05, 0) is 48.7 Å². The molecular weight excluding hydrogens is 442 g/mol. The number of carbonyl (C=O) groups excluding carboxylic acids is 2. The van der Waals surface area contributed by atoms with E-state index in [0.29, 0.717) is 16.9 Å². The van der Waals surface area contributed by atoms with Gasteiger partial charge < -0.3 is 15.0 Å². The molecule has 2 heterocycles. The van der Waals surface area contributed by atoms with E-state index >= 15 is 0 Å². The van der Waals surface area contributed by atoms with Gasteiger partial charge in [-0.3, -0.25) is 14.7 Å². The number of aromatic nitrogens is 2. The normalized spacial score (nSPS) is 19.1. The van der Waals surface area contributed by atoms with Crippen LogP contribution in [0.5, 0.6) is 5.75 Å². The highest BCUT2D eigenvalue weighted by molar-refractivity contribution is 5.97. The molecule has 0 bridgehead atoms. The highest BCUT2D eigenvalue weighted by atomic mass is 19.3. The number of alkyl halides is 2. The molecule has 1 aliphatic heterocycles. The van der Waals surface area contributed by atoms with Gasteiger partial charge in [0.1, 0.15) is 5.75 Å². The zero-order valence-electron chi connectivity index (χ0n) is 18.6. The summed E-state index contributed by atoms with van der Waals surface area (Å²) >= 11 is 0. The van der Waals surface area contributed by atoms with E-state index in [1.807, 2.05) is 0 Å². The molecule has 1 saturated carbocycles. The molecule has 1 aliphatic carbocycles. The van der Waals surface area contributed by atoms with Crippen molar-refractivity contribution in [1.29, 1.82) is 0 Å². The number of methoxy groups -OCH3 is 1. The number of rotatable bonds is 6. The van der Waals surface area contributed by atoms with Crippen LogP contribution >= 0.6 is 0 Å². The molecule has 7 nitrogen and oxygen atoms in total. The standard InChI is InChI=1S/C25H24F2N4O3/c1-34-22-10-17(5-8-20(22)18-12-28-29-13-18)24(33)31-14-25(26,27)11-21(31)15-3-2-4-16(9-15)23(32)30-19-6-7-19/h2-5,8-10,12-13,19,21H,6-7,11,14H2,1H3,(H,28,29)(H,30,32)/t21-/m1/s1. The predicted molar refractivity (Wildman–Crippen MR) is 121 cm³/mol. The molecule has 2 N–H and O–H groups in total. The van der Waals surface area contributed by atoms with Crippen molar-refractivity contribution >= 4 is 11.8 Å². The summed E-state index contributed by atoms with van der Waals surface area (Å²) in [4.78, 5) is 27.0. The van der Waals surface area contributed by atoms with Crippen LogP contribution in [0, 0.1) is 0 Å². The molecule has 2 aromatic carbocycles. The maximum Gasteiger partial charge on any atom is 0.267 e. The van der Waals surface area contributed by atoms with E-state index in [-0.39, 0.29) is 17.5 Å². The van der Waals surface area contributed by atoms with Crippen LogP contribution in [0.3, 0.4) is 0 Å². The number of carbonyl (C=O) groups is 2. The maximum absolute atomic E-state index is 14.5. The molecule has 2 fully saturated rings. The van der Waals surface area contributed by atoms with E-state index in [1.165, 1.54) is 12.0 Å². The van der Waals surface area contributed by atoms with Crippen molar-refractivity contribution in [3.63, 3.8) is 0 Å². The second kappa shape index (κ2) is 8.55. The van der Waals surface area contributed by atoms with Gasteiger partial charge in [-0.1, -0.05) is 12.1 Å². The lowest BCUT2D eigenvalue weighted by molar-refractivity contribution is 0.0118. The van der Waals surface area contributed by atoms with Crippen molar-refractivity contribution in [2.24, 2.45) is 0 Å². The third-order valence-electron chi connectivity index (χ3n) is 6.23. The van der Waals surface area contributed by atoms with Gasteiger partial charge in [0, 0.05) is 40.9 Å². The van der Waals surface area contributed by atoms with Crippen molar-refractivity contribution in [1.82, 2.24) is 20.4 Å². The molecule has 176 valence electrons. The number of benzene rings is 2. The van der Waals surface area contributed by atoms with Crippen molar-refractivity contribution in [3.8, 4) is 16.9 Å². The fourth-order valence-corrected chi connectivity index (χ4v) is 4.34. The van der Waals surface area contributed by atoms with Crippen LogP contribution in [0.2, 0.25) is 0 Å². The highest BCUT2D eigenvalue weighted by Gasteiger charge is 2.47. The average Bonchev–Trinajstić information content (AvgIpc) is 3.35. The van der Waals surface area contributed by atoms with E-state index in [1.54, 1.807) is 54.9 Å². The third-order valence-corrected chi connectivity index (χ3v) is 6.23. The van der Waals surface area contributed by atoms with Crippen molar-refractivity contribution in [2.75, 3.05) is 13.7 Å². The molecular formula is C25H24F2N4O3. The summed E-state index contributed by atoms with van der Waals surface area (Å²) in [7, 11) is 1.48. The summed E-state index contributed by atoms with van der Waals surface area (Å²) in [6.45, 7) is -0.694. The van der Waals surface area contributed by atoms with Crippen molar-refractivity contribution < 1.29 is 23.1 Å². The van der Waals surface area contributed by atoms with Gasteiger partial charge in [0.2, 0.25) is 0 Å². The van der Waals surface area contributed by atoms with Crippen LogP contribution in [-0.2, 0) is 0 Å². The van der Waals surface area contributed by atoms with E-state index < -0.39 is 30.8 Å². The fraction of sp³-hybridized carbons (Fsp3) is 0.320. The number of nitrogens with zero attached hydrogens (tertiary/aromatic N) is 2. The Morgan fingerprint density at radius 2 is 2.00 bits per heavy atom. The lowest BCUT2D eigenvalue weighted by Crippen LogP contribution is -2.33. The van der Waals surface area contributed by atoms with E-state index in [9.17, 15) is 18.4 Å². The van der Waals surface area contributed by atoms with Gasteiger partial charge in [-0.2, -0.15) is 5.10 Å². The zero-order valence-corrected chi connectivity index (χ0v) is 18.6. The van der Waals surface area contributed by atoms with Crippen LogP contribution in [0.15, 0.2) is 54.9 Å². The minimum atomic E-state index is -3.03. The number of halogens is 2. The van der Waals surface area contributed by atoms with Crippen molar-refractivity contribution in [2.45, 2.75) is 37.3 Å². The first-order valence-electron chi connectivity index (χ1n) is 11.1. The van der Waals surface area contributed by atoms with Gasteiger partial charge >= 0.3 is 0 Å². The average molecular weight is 466 g/mol. The second-order valence-corrected chi connectivity index (χ2v) is 8.78. The first-order valence-corrected chi connectivity index (χ1v) is 11.1. The second-order valence-electron chi connectivity index (χ2n) is 8.78. The SMILES string of the molecule is COc1cc(C(=O)N2CC(F)(F)C[C@@H]2c2cccc(C(=O)NC3CC3)c2)ccc1-c1cn[nH]c1. The molecule has 1 atom stereocenters. The Hall–Kier alpha value is -3.75. The number of likely N-dealkylation sites (tertiary alicyclic amines) is 1. The molecule has 2 amide bonds. The van der Waals surface area contributed by atoms with E-state index in [4.69, 9.17) is 4.74 Å². The molecule has 0 radical (unpaired) electrons. The number of hydrogen-bond donors (Lipinski definition) is 2. The van der Waals surface area contributed by atoms with E-state index in [0.717, 1.165) is 24.0 Å². The zero-order chi connectivity index (χ0) is 23.9. The summed E-state index contributed by atoms with van der Waals surface area (Å²) in [6.07, 6.45) is 4.72. The molecule has 1 saturated heterocycles. The monoisotopic (exact) mass is 466 g/mol. The first-order chi connectivity index (χ1) is 16.3. The summed E-state index contributed by atoms with van der Waals surface area (Å²) in [6, 6.07) is 10.8. The van der Waals surface area contributed by atoms with Crippen LogP contribution in [-0.4, -0.2) is 52.5 Å². The third kappa shape index (κ3) is 4.37. The van der Waals surface area contributed by atoms with Gasteiger partial charge in [0.15, 0.2) is 0 Å². The molecule has 1 aromatic heterocycles. The molecule has 0 spiro atoms. The topological polar surface area (TPSA) is 87.3 Å². The van der Waals surface area contributed by atoms with Gasteiger partial charge in [-0.25, -0.2) is 8.78 Å². The lowest BCUT2D eigenvalue weighted by Gasteiger charge is -2.25. The van der Waals surface area contributed by atoms with Crippen LogP contribution in [0.1, 0.15) is 51.6 Å². The molecule has 34 heavy (non-hydrogen) atoms. The van der Waals surface area contributed by atoms with Crippen LogP contribution < -0.4 is 10.1 Å². The Kier molecular flexibility index (Phi) is 5.55. The largest absolute Gasteiger partial charge is 0.496 e. The number of amides is 2. The summed E-state index contributed by atoms with van der Waals surface area (Å²) < 4.78 is 34.5. The Morgan fingerprint density at radius 1 is 1.18 bits per heavy atom. The highest BCUT2D eigenvalue weighted by Crippen LogP contribution is 2.42. The van der Waals surface area contributed by atoms with Gasteiger partial charge in [0.25, 0.3) is 17.7 Å². The Bertz CT molecular complexity index is 1220. The molecule has 9 heteroatoms. The molecule has 2 aliphatic rings. The maximum atomic E-state index is 14.5. The van der Waals surface area contributed by atoms with Crippen LogP contribution in [0.25, 0.3) is 11.1 Å². The predicted octanol–water partition coefficient (Wildman–Crippen LogP) is 4.20. The number of H-pyrrole nitrogens is 1. The number of hydrogen-bond acceptors (Lipinski definition) is 4. The quantitative estimate of drug-likeness (QED) is 0.570. The minimum absolute atomic E-state index is 0.185. The van der Waals surface area contributed by atoms with Crippen molar-refractivity contribution in [3.05, 3.63) is 71.5 Å². The summed E-state index contributed by atoms with van der Waals surface area (Å²) in [5.41, 5.74) is 2.66. The van der Waals surface area contributed by atoms with Gasteiger partial charge in [0.05, 0.1) is 25.9 Å². The minimum Gasteiger partial charge on any atom is -0.496 e.